The molecule has 0 aromatic heterocycles. The van der Waals surface area contributed by atoms with Crippen LogP contribution in [0.1, 0.15) is 24.1 Å². The molecule has 0 amide bonds. The van der Waals surface area contributed by atoms with Gasteiger partial charge in [-0.2, -0.15) is 0 Å². The van der Waals surface area contributed by atoms with Crippen molar-refractivity contribution >= 4 is 21.6 Å². The lowest BCUT2D eigenvalue weighted by Crippen LogP contribution is -2.10. The minimum atomic E-state index is -0.434. The Kier molecular flexibility index (Phi) is 4.20. The van der Waals surface area contributed by atoms with Gasteiger partial charge in [0.1, 0.15) is 11.6 Å². The zero-order valence-corrected chi connectivity index (χ0v) is 12.3. The monoisotopic (exact) mass is 325 g/mol. The van der Waals surface area contributed by atoms with E-state index in [2.05, 4.69) is 21.2 Å². The molecular formula is C15H14BrF2N. The predicted molar refractivity (Wildman–Crippen MR) is 77.3 cm³/mol. The fraction of sp³-hybridized carbons (Fsp3) is 0.200. The predicted octanol–water partition coefficient (Wildman–Crippen LogP) is 5.21. The highest BCUT2D eigenvalue weighted by Crippen LogP contribution is 2.26. The fourth-order valence-electron chi connectivity index (χ4n) is 1.91. The Hall–Kier alpha value is -1.42. The van der Waals surface area contributed by atoms with Crippen molar-refractivity contribution in [2.45, 2.75) is 19.9 Å². The largest absolute Gasteiger partial charge is 0.378 e. The molecule has 1 N–H and O–H groups in total. The van der Waals surface area contributed by atoms with Gasteiger partial charge in [0.25, 0.3) is 0 Å². The highest BCUT2D eigenvalue weighted by atomic mass is 79.9. The lowest BCUT2D eigenvalue weighted by atomic mass is 10.1. The Morgan fingerprint density at radius 3 is 2.58 bits per heavy atom. The molecule has 1 atom stereocenters. The van der Waals surface area contributed by atoms with Crippen LogP contribution in [0.4, 0.5) is 14.5 Å². The Balaban J connectivity index is 2.27. The second kappa shape index (κ2) is 5.70. The van der Waals surface area contributed by atoms with E-state index < -0.39 is 11.6 Å². The molecule has 0 bridgehead atoms. The van der Waals surface area contributed by atoms with Crippen molar-refractivity contribution < 1.29 is 8.78 Å². The van der Waals surface area contributed by atoms with Crippen LogP contribution >= 0.6 is 15.9 Å². The van der Waals surface area contributed by atoms with Crippen LogP contribution in [0.2, 0.25) is 0 Å². The van der Waals surface area contributed by atoms with Gasteiger partial charge in [-0.05, 0) is 49.7 Å². The molecule has 2 aromatic carbocycles. The minimum Gasteiger partial charge on any atom is -0.378 e. The number of nitrogens with one attached hydrogen (secondary N) is 1. The first-order chi connectivity index (χ1) is 8.97. The molecule has 0 saturated heterocycles. The summed E-state index contributed by atoms with van der Waals surface area (Å²) in [5.41, 5.74) is 2.26. The van der Waals surface area contributed by atoms with Gasteiger partial charge in [0.2, 0.25) is 0 Å². The molecule has 0 aliphatic rings. The van der Waals surface area contributed by atoms with Crippen molar-refractivity contribution in [1.82, 2.24) is 0 Å². The summed E-state index contributed by atoms with van der Waals surface area (Å²) in [5, 5.41) is 3.20. The summed E-state index contributed by atoms with van der Waals surface area (Å²) >= 11 is 3.39. The van der Waals surface area contributed by atoms with Gasteiger partial charge in [0, 0.05) is 15.7 Å². The fourth-order valence-corrected chi connectivity index (χ4v) is 2.27. The first-order valence-electron chi connectivity index (χ1n) is 5.95. The van der Waals surface area contributed by atoms with Crippen LogP contribution in [0, 0.1) is 18.6 Å². The van der Waals surface area contributed by atoms with Crippen LogP contribution in [-0.4, -0.2) is 0 Å². The number of benzene rings is 2. The minimum absolute atomic E-state index is 0.316. The number of hydrogen-bond donors (Lipinski definition) is 1. The molecule has 1 nitrogen and oxygen atoms in total. The van der Waals surface area contributed by atoms with Crippen LogP contribution in [0.15, 0.2) is 40.9 Å². The average molecular weight is 326 g/mol. The van der Waals surface area contributed by atoms with E-state index in [4.69, 9.17) is 0 Å². The van der Waals surface area contributed by atoms with Gasteiger partial charge in [-0.1, -0.05) is 22.0 Å². The van der Waals surface area contributed by atoms with Crippen LogP contribution in [0.25, 0.3) is 0 Å². The van der Waals surface area contributed by atoms with Gasteiger partial charge >= 0.3 is 0 Å². The second-order valence-electron chi connectivity index (χ2n) is 4.49. The van der Waals surface area contributed by atoms with Gasteiger partial charge in [-0.25, -0.2) is 8.78 Å². The summed E-state index contributed by atoms with van der Waals surface area (Å²) in [5.74, 6) is -0.843. The maximum atomic E-state index is 13.7. The Morgan fingerprint density at radius 1 is 1.11 bits per heavy atom. The smallest absolute Gasteiger partial charge is 0.128 e. The molecule has 19 heavy (non-hydrogen) atoms. The van der Waals surface area contributed by atoms with Crippen molar-refractivity contribution in [2.24, 2.45) is 0 Å². The average Bonchev–Trinajstić information content (AvgIpc) is 2.36. The quantitative estimate of drug-likeness (QED) is 0.816. The molecule has 0 fully saturated rings. The summed E-state index contributed by atoms with van der Waals surface area (Å²) in [6.07, 6.45) is 0. The standard InChI is InChI=1S/C15H14BrF2N/c1-9-3-4-11(16)7-15(9)19-10(2)13-8-12(17)5-6-14(13)18/h3-8,10,19H,1-2H3. The number of anilines is 1. The Labute approximate surface area is 119 Å². The van der Waals surface area contributed by atoms with Crippen LogP contribution in [0.3, 0.4) is 0 Å². The molecule has 4 heteroatoms. The summed E-state index contributed by atoms with van der Waals surface area (Å²) in [6.45, 7) is 3.77. The lowest BCUT2D eigenvalue weighted by molar-refractivity contribution is 0.577. The van der Waals surface area contributed by atoms with Crippen molar-refractivity contribution in [3.63, 3.8) is 0 Å². The van der Waals surface area contributed by atoms with E-state index in [0.717, 1.165) is 27.9 Å². The van der Waals surface area contributed by atoms with E-state index >= 15 is 0 Å². The van der Waals surface area contributed by atoms with Crippen LogP contribution < -0.4 is 5.32 Å². The van der Waals surface area contributed by atoms with Gasteiger partial charge in [-0.3, -0.25) is 0 Å². The molecule has 2 aromatic rings. The zero-order chi connectivity index (χ0) is 14.0. The Bertz CT molecular complexity index is 599. The molecular weight excluding hydrogens is 312 g/mol. The van der Waals surface area contributed by atoms with Crippen LogP contribution in [0.5, 0.6) is 0 Å². The summed E-state index contributed by atoms with van der Waals surface area (Å²) < 4.78 is 27.8. The van der Waals surface area contributed by atoms with E-state index in [1.165, 1.54) is 6.07 Å². The third-order valence-electron chi connectivity index (χ3n) is 3.00. The van der Waals surface area contributed by atoms with Gasteiger partial charge in [0.15, 0.2) is 0 Å². The summed E-state index contributed by atoms with van der Waals surface area (Å²) in [6, 6.07) is 8.99. The molecule has 0 radical (unpaired) electrons. The molecule has 100 valence electrons. The first kappa shape index (κ1) is 14.0. The zero-order valence-electron chi connectivity index (χ0n) is 10.7. The molecule has 0 saturated carbocycles. The number of halogens is 3. The van der Waals surface area contributed by atoms with Crippen molar-refractivity contribution in [3.8, 4) is 0 Å². The SMILES string of the molecule is Cc1ccc(Br)cc1NC(C)c1cc(F)ccc1F. The van der Waals surface area contributed by atoms with E-state index in [1.54, 1.807) is 6.92 Å². The maximum Gasteiger partial charge on any atom is 0.128 e. The molecule has 2 rings (SSSR count). The topological polar surface area (TPSA) is 12.0 Å². The summed E-state index contributed by atoms with van der Waals surface area (Å²) in [4.78, 5) is 0. The first-order valence-corrected chi connectivity index (χ1v) is 6.74. The van der Waals surface area contributed by atoms with Gasteiger partial charge in [-0.15, -0.1) is 0 Å². The maximum absolute atomic E-state index is 13.7. The van der Waals surface area contributed by atoms with E-state index in [0.29, 0.717) is 5.56 Å². The van der Waals surface area contributed by atoms with Gasteiger partial charge < -0.3 is 5.32 Å². The van der Waals surface area contributed by atoms with Crippen molar-refractivity contribution in [1.29, 1.82) is 0 Å². The van der Waals surface area contributed by atoms with E-state index in [1.807, 2.05) is 25.1 Å². The number of rotatable bonds is 3. The lowest BCUT2D eigenvalue weighted by Gasteiger charge is -2.18. The molecule has 0 aliphatic carbocycles. The normalized spacial score (nSPS) is 12.3. The van der Waals surface area contributed by atoms with Gasteiger partial charge in [0.05, 0.1) is 6.04 Å². The molecule has 0 heterocycles. The second-order valence-corrected chi connectivity index (χ2v) is 5.41. The molecule has 1 unspecified atom stereocenters. The van der Waals surface area contributed by atoms with Crippen molar-refractivity contribution in [2.75, 3.05) is 5.32 Å². The van der Waals surface area contributed by atoms with Crippen molar-refractivity contribution in [3.05, 3.63) is 63.6 Å². The highest BCUT2D eigenvalue weighted by Gasteiger charge is 2.13. The molecule has 0 aliphatic heterocycles. The summed E-state index contributed by atoms with van der Waals surface area (Å²) in [7, 11) is 0. The Morgan fingerprint density at radius 2 is 1.84 bits per heavy atom. The van der Waals surface area contributed by atoms with Crippen LogP contribution in [-0.2, 0) is 0 Å². The number of hydrogen-bond acceptors (Lipinski definition) is 1. The third-order valence-corrected chi connectivity index (χ3v) is 3.49. The highest BCUT2D eigenvalue weighted by molar-refractivity contribution is 9.10. The van der Waals surface area contributed by atoms with E-state index in [-0.39, 0.29) is 6.04 Å². The van der Waals surface area contributed by atoms with E-state index in [9.17, 15) is 8.78 Å². The molecule has 0 spiro atoms. The third kappa shape index (κ3) is 3.32. The number of aryl methyl sites for hydroxylation is 1.